The van der Waals surface area contributed by atoms with E-state index in [0.717, 1.165) is 50.5 Å². The first kappa shape index (κ1) is 67.7. The lowest BCUT2D eigenvalue weighted by atomic mass is 9.49. The number of hydrogen-bond acceptors (Lipinski definition) is 15. The molecule has 95 heavy (non-hydrogen) atoms. The van der Waals surface area contributed by atoms with Gasteiger partial charge in [0.25, 0.3) is 0 Å². The Kier molecular flexibility index (Phi) is 18.9. The maximum absolute atomic E-state index is 13.1. The normalized spacial score (nSPS) is 17.3. The first-order valence-electron chi connectivity index (χ1n) is 31.1. The summed E-state index contributed by atoms with van der Waals surface area (Å²) in [4.78, 5) is 28.5. The van der Waals surface area contributed by atoms with E-state index in [1.807, 2.05) is 201 Å². The molecular weight excluding hydrogens is 1230 g/mol. The number of alkyl halides is 3. The molecule has 0 bridgehead atoms. The van der Waals surface area contributed by atoms with Crippen LogP contribution in [0.5, 0.6) is 5.75 Å². The number of halogens is 3. The van der Waals surface area contributed by atoms with E-state index in [1.165, 1.54) is 12.1 Å². The van der Waals surface area contributed by atoms with Crippen LogP contribution >= 0.6 is 0 Å². The molecule has 0 spiro atoms. The first-order chi connectivity index (χ1) is 44.9. The van der Waals surface area contributed by atoms with E-state index in [9.17, 15) is 21.6 Å². The molecule has 13 rings (SSSR count). The zero-order valence-corrected chi connectivity index (χ0v) is 55.7. The van der Waals surface area contributed by atoms with Crippen LogP contribution in [0.3, 0.4) is 0 Å². The minimum Gasteiger partial charge on any atom is -0.405 e. The highest BCUT2D eigenvalue weighted by Crippen LogP contribution is 2.44. The summed E-state index contributed by atoms with van der Waals surface area (Å²) < 4.78 is 104. The standard InChI is InChI=1S/C33H30BN3O2.C28H18F3N3O3S.C12H24B2O4/c1-32(2)33(3,4)39-34(38-32)28-21-20-26(22-27(28)23-14-8-5-9-15-23)31-36-29(24-16-10-6-11-17-24)35-30(37-31)25-18-12-7-13-19-25;29-28(30,31)38(35,36)37-24-17-16-22(18-23(24)19-10-4-1-5-11-19)27-33-25(20-12-6-2-7-13-20)32-26(34-27)21-14-8-3-9-15-21;1-9(2)10(3,4)16-13(15-9)14-17-11(5,6)12(7,8)18-14/h5-22H,1-4H3;1-18H;1-8H3. The topological polar surface area (TPSA) is 176 Å². The SMILES string of the molecule is CC1(C)OB(B2OC(C)(C)C(C)(C)O2)OC1(C)C.CC1(C)OB(c2ccc(-c3nc(-c4ccccc4)nc(-c4ccccc4)n3)cc2-c2ccccc2)OC1(C)C.O=S(=O)(Oc1ccc(-c2nc(-c3ccccc3)nc(-c3ccccc3)n2)cc1-c1ccccc1)C(F)(F)F. The lowest BCUT2D eigenvalue weighted by molar-refractivity contribution is -0.0499. The third-order valence-corrected chi connectivity index (χ3v) is 18.8. The third kappa shape index (κ3) is 14.7. The Bertz CT molecular complexity index is 4260. The smallest absolute Gasteiger partial charge is 0.405 e. The van der Waals surface area contributed by atoms with Gasteiger partial charge >= 0.3 is 36.8 Å². The summed E-state index contributed by atoms with van der Waals surface area (Å²) in [6.07, 6.45) is 0. The Morgan fingerprint density at radius 3 is 0.884 bits per heavy atom. The number of hydrogen-bond donors (Lipinski definition) is 0. The van der Waals surface area contributed by atoms with Crippen LogP contribution in [0.1, 0.15) is 83.1 Å². The minimum absolute atomic E-state index is 0.124. The molecule has 0 atom stereocenters. The van der Waals surface area contributed by atoms with Crippen molar-refractivity contribution in [1.29, 1.82) is 0 Å². The number of benzene rings is 8. The van der Waals surface area contributed by atoms with Crippen LogP contribution < -0.4 is 9.65 Å². The molecule has 2 aromatic heterocycles. The van der Waals surface area contributed by atoms with E-state index in [1.54, 1.807) is 30.3 Å². The molecule has 0 aliphatic carbocycles. The molecule has 3 fully saturated rings. The van der Waals surface area contributed by atoms with Gasteiger partial charge in [-0.1, -0.05) is 194 Å². The molecular formula is C73H72B3F3N6O9S. The molecule has 3 aliphatic heterocycles. The van der Waals surface area contributed by atoms with Crippen molar-refractivity contribution in [2.75, 3.05) is 0 Å². The molecule has 22 heteroatoms. The number of rotatable bonds is 12. The lowest BCUT2D eigenvalue weighted by Crippen LogP contribution is -2.41. The van der Waals surface area contributed by atoms with Crippen molar-refractivity contribution < 1.29 is 53.7 Å². The van der Waals surface area contributed by atoms with Crippen molar-refractivity contribution in [3.05, 3.63) is 218 Å². The zero-order chi connectivity index (χ0) is 67.8. The van der Waals surface area contributed by atoms with Gasteiger partial charge in [-0.25, -0.2) is 29.9 Å². The van der Waals surface area contributed by atoms with E-state index < -0.39 is 53.7 Å². The predicted molar refractivity (Wildman–Crippen MR) is 367 cm³/mol. The minimum atomic E-state index is -5.89. The fourth-order valence-corrected chi connectivity index (χ4v) is 10.8. The summed E-state index contributed by atoms with van der Waals surface area (Å²) in [5.41, 5.74) is 0.439. The summed E-state index contributed by atoms with van der Waals surface area (Å²) in [5, 5.41) is 0. The summed E-state index contributed by atoms with van der Waals surface area (Å²) in [6.45, 7) is 24.5. The molecule has 0 amide bonds. The molecule has 0 N–H and O–H groups in total. The van der Waals surface area contributed by atoms with Gasteiger partial charge in [0.05, 0.1) is 33.6 Å². The average molecular weight is 1300 g/mol. The highest BCUT2D eigenvalue weighted by atomic mass is 32.2. The van der Waals surface area contributed by atoms with Crippen LogP contribution in [0.4, 0.5) is 13.2 Å². The highest BCUT2D eigenvalue weighted by Gasteiger charge is 2.64. The number of nitrogens with zero attached hydrogens (tertiary/aromatic N) is 6. The summed E-state index contributed by atoms with van der Waals surface area (Å²) in [5.74, 6) is 2.45. The quantitative estimate of drug-likeness (QED) is 0.0641. The van der Waals surface area contributed by atoms with Crippen molar-refractivity contribution in [3.8, 4) is 96.3 Å². The molecule has 5 heterocycles. The van der Waals surface area contributed by atoms with Gasteiger partial charge in [0.15, 0.2) is 40.7 Å². The Balaban J connectivity index is 0.000000155. The van der Waals surface area contributed by atoms with Crippen molar-refractivity contribution in [2.45, 2.75) is 122 Å². The second-order valence-electron chi connectivity index (χ2n) is 26.1. The van der Waals surface area contributed by atoms with Gasteiger partial charge in [-0.15, -0.1) is 0 Å². The third-order valence-electron chi connectivity index (χ3n) is 17.9. The molecule has 3 aliphatic rings. The summed E-state index contributed by atoms with van der Waals surface area (Å²) >= 11 is 0. The highest BCUT2D eigenvalue weighted by molar-refractivity contribution is 7.88. The van der Waals surface area contributed by atoms with Crippen molar-refractivity contribution in [2.24, 2.45) is 0 Å². The van der Waals surface area contributed by atoms with Gasteiger partial charge in [0, 0.05) is 38.9 Å². The monoisotopic (exact) mass is 1300 g/mol. The first-order valence-corrected chi connectivity index (χ1v) is 32.5. The zero-order valence-electron chi connectivity index (χ0n) is 54.9. The largest absolute Gasteiger partial charge is 0.534 e. The van der Waals surface area contributed by atoms with Crippen LogP contribution in [-0.4, -0.2) is 98.6 Å². The van der Waals surface area contributed by atoms with Crippen LogP contribution in [0.25, 0.3) is 90.6 Å². The molecule has 0 unspecified atom stereocenters. The fourth-order valence-electron chi connectivity index (χ4n) is 10.4. The van der Waals surface area contributed by atoms with Gasteiger partial charge in [-0.2, -0.15) is 21.6 Å². The Hall–Kier alpha value is -8.73. The van der Waals surface area contributed by atoms with E-state index >= 15 is 0 Å². The number of aromatic nitrogens is 6. The average Bonchev–Trinajstić information content (AvgIpc) is 1.67. The lowest BCUT2D eigenvalue weighted by Gasteiger charge is -2.32. The molecule has 484 valence electrons. The molecule has 10 aromatic rings. The maximum Gasteiger partial charge on any atom is 0.534 e. The molecule has 0 radical (unpaired) electrons. The van der Waals surface area contributed by atoms with Crippen molar-refractivity contribution >= 4 is 36.7 Å². The van der Waals surface area contributed by atoms with Gasteiger partial charge < -0.3 is 32.1 Å². The van der Waals surface area contributed by atoms with Crippen molar-refractivity contribution in [3.63, 3.8) is 0 Å². The summed E-state index contributed by atoms with van der Waals surface area (Å²) in [7, 11) is -7.33. The molecule has 8 aromatic carbocycles. The van der Waals surface area contributed by atoms with Crippen molar-refractivity contribution in [1.82, 2.24) is 29.9 Å². The van der Waals surface area contributed by atoms with Gasteiger partial charge in [0.1, 0.15) is 0 Å². The molecule has 0 saturated carbocycles. The predicted octanol–water partition coefficient (Wildman–Crippen LogP) is 15.9. The maximum atomic E-state index is 13.1. The van der Waals surface area contributed by atoms with E-state index in [4.69, 9.17) is 42.9 Å². The molecule has 15 nitrogen and oxygen atoms in total. The Morgan fingerprint density at radius 1 is 0.326 bits per heavy atom. The van der Waals surface area contributed by atoms with Crippen LogP contribution in [-0.2, 0) is 38.0 Å². The summed E-state index contributed by atoms with van der Waals surface area (Å²) in [6, 6.07) is 67.5. The van der Waals surface area contributed by atoms with Crippen LogP contribution in [0, 0.1) is 0 Å². The second kappa shape index (κ2) is 26.5. The fraction of sp³-hybridized carbons (Fsp3) is 0.260. The van der Waals surface area contributed by atoms with Crippen LogP contribution in [0.2, 0.25) is 0 Å². The van der Waals surface area contributed by atoms with Crippen LogP contribution in [0.15, 0.2) is 218 Å². The van der Waals surface area contributed by atoms with E-state index in [2.05, 4.69) is 71.1 Å². The Labute approximate surface area is 554 Å². The van der Waals surface area contributed by atoms with Gasteiger partial charge in [-0.3, -0.25) is 0 Å². The second-order valence-corrected chi connectivity index (χ2v) is 27.7. The van der Waals surface area contributed by atoms with E-state index in [-0.39, 0.29) is 33.8 Å². The van der Waals surface area contributed by atoms with Gasteiger partial charge in [-0.05, 0) is 130 Å². The van der Waals surface area contributed by atoms with E-state index in [0.29, 0.717) is 40.2 Å². The Morgan fingerprint density at radius 2 is 0.579 bits per heavy atom. The molecule has 3 saturated heterocycles. The van der Waals surface area contributed by atoms with Gasteiger partial charge in [0.2, 0.25) is 0 Å².